The number of carbonyl (C=O) groups excluding carboxylic acids is 1. The summed E-state index contributed by atoms with van der Waals surface area (Å²) < 4.78 is 10.9. The number of anilines is 1. The van der Waals surface area contributed by atoms with E-state index in [4.69, 9.17) is 9.47 Å². The standard InChI is InChI=1S/C17H26N2O3/c1-13-8-9-15(21-2)12-16(13)19-17(20)18-10-5-7-14-6-3-4-11-22-14/h8-9,12,14H,3-7,10-11H2,1-2H3,(H2,18,19,20)/t14-/m0/s1. The van der Waals surface area contributed by atoms with Gasteiger partial charge in [0.05, 0.1) is 13.2 Å². The van der Waals surface area contributed by atoms with Crippen LogP contribution in [0.3, 0.4) is 0 Å². The summed E-state index contributed by atoms with van der Waals surface area (Å²) in [6.07, 6.45) is 5.91. The van der Waals surface area contributed by atoms with Gasteiger partial charge in [-0.2, -0.15) is 0 Å². The van der Waals surface area contributed by atoms with Gasteiger partial charge in [0.15, 0.2) is 0 Å². The molecule has 122 valence electrons. The van der Waals surface area contributed by atoms with E-state index in [2.05, 4.69) is 10.6 Å². The minimum absolute atomic E-state index is 0.180. The van der Waals surface area contributed by atoms with E-state index < -0.39 is 0 Å². The SMILES string of the molecule is COc1ccc(C)c(NC(=O)NCCC[C@@H]2CCCCO2)c1. The van der Waals surface area contributed by atoms with E-state index in [1.807, 2.05) is 25.1 Å². The molecule has 0 unspecified atom stereocenters. The maximum absolute atomic E-state index is 11.9. The molecule has 0 saturated carbocycles. The molecule has 0 spiro atoms. The van der Waals surface area contributed by atoms with Crippen LogP contribution in [0.15, 0.2) is 18.2 Å². The molecule has 5 nitrogen and oxygen atoms in total. The average molecular weight is 306 g/mol. The van der Waals surface area contributed by atoms with Crippen molar-refractivity contribution < 1.29 is 14.3 Å². The molecule has 5 heteroatoms. The van der Waals surface area contributed by atoms with Crippen molar-refractivity contribution >= 4 is 11.7 Å². The highest BCUT2D eigenvalue weighted by Crippen LogP contribution is 2.21. The minimum atomic E-state index is -0.180. The van der Waals surface area contributed by atoms with Gasteiger partial charge in [0.1, 0.15) is 5.75 Å². The molecule has 1 aromatic rings. The monoisotopic (exact) mass is 306 g/mol. The van der Waals surface area contributed by atoms with Crippen LogP contribution in [0, 0.1) is 6.92 Å². The third kappa shape index (κ3) is 5.22. The molecule has 22 heavy (non-hydrogen) atoms. The van der Waals surface area contributed by atoms with Crippen LogP contribution in [0.2, 0.25) is 0 Å². The molecule has 1 aliphatic heterocycles. The quantitative estimate of drug-likeness (QED) is 0.791. The molecule has 2 rings (SSSR count). The molecular formula is C17H26N2O3. The lowest BCUT2D eigenvalue weighted by Gasteiger charge is -2.22. The van der Waals surface area contributed by atoms with E-state index in [-0.39, 0.29) is 6.03 Å². The van der Waals surface area contributed by atoms with Crippen molar-refractivity contribution in [3.05, 3.63) is 23.8 Å². The number of aryl methyl sites for hydroxylation is 1. The Hall–Kier alpha value is -1.75. The van der Waals surface area contributed by atoms with Gasteiger partial charge in [-0.25, -0.2) is 4.79 Å². The number of nitrogens with one attached hydrogen (secondary N) is 2. The lowest BCUT2D eigenvalue weighted by molar-refractivity contribution is 0.0103. The highest BCUT2D eigenvalue weighted by Gasteiger charge is 2.13. The summed E-state index contributed by atoms with van der Waals surface area (Å²) in [6.45, 7) is 3.50. The van der Waals surface area contributed by atoms with E-state index in [0.29, 0.717) is 12.6 Å². The second kappa shape index (κ2) is 8.63. The van der Waals surface area contributed by atoms with Crippen molar-refractivity contribution in [2.45, 2.75) is 45.1 Å². The molecule has 2 amide bonds. The zero-order valence-corrected chi connectivity index (χ0v) is 13.5. The maximum Gasteiger partial charge on any atom is 0.319 e. The van der Waals surface area contributed by atoms with E-state index in [1.54, 1.807) is 7.11 Å². The van der Waals surface area contributed by atoms with E-state index in [1.165, 1.54) is 12.8 Å². The minimum Gasteiger partial charge on any atom is -0.497 e. The van der Waals surface area contributed by atoms with Crippen molar-refractivity contribution in [1.82, 2.24) is 5.32 Å². The Bertz CT molecular complexity index is 485. The zero-order valence-electron chi connectivity index (χ0n) is 13.5. The Morgan fingerprint density at radius 2 is 2.27 bits per heavy atom. The second-order valence-corrected chi connectivity index (χ2v) is 5.69. The molecular weight excluding hydrogens is 280 g/mol. The largest absolute Gasteiger partial charge is 0.497 e. The fraction of sp³-hybridized carbons (Fsp3) is 0.588. The first kappa shape index (κ1) is 16.6. The first-order valence-electron chi connectivity index (χ1n) is 8.00. The van der Waals surface area contributed by atoms with Crippen molar-refractivity contribution in [1.29, 1.82) is 0 Å². The summed E-state index contributed by atoms with van der Waals surface area (Å²) in [7, 11) is 1.61. The number of amides is 2. The summed E-state index contributed by atoms with van der Waals surface area (Å²) in [6, 6.07) is 5.45. The average Bonchev–Trinajstić information content (AvgIpc) is 2.54. The second-order valence-electron chi connectivity index (χ2n) is 5.69. The number of methoxy groups -OCH3 is 1. The maximum atomic E-state index is 11.9. The Morgan fingerprint density at radius 3 is 3.00 bits per heavy atom. The van der Waals surface area contributed by atoms with Gasteiger partial charge < -0.3 is 20.1 Å². The summed E-state index contributed by atoms with van der Waals surface area (Å²) in [4.78, 5) is 11.9. The number of carbonyl (C=O) groups is 1. The van der Waals surface area contributed by atoms with Crippen LogP contribution in [-0.2, 0) is 4.74 Å². The lowest BCUT2D eigenvalue weighted by atomic mass is 10.0. The van der Waals surface area contributed by atoms with Crippen LogP contribution in [-0.4, -0.2) is 32.4 Å². The molecule has 1 saturated heterocycles. The van der Waals surface area contributed by atoms with E-state index in [0.717, 1.165) is 42.9 Å². The molecule has 1 aliphatic rings. The predicted molar refractivity (Wildman–Crippen MR) is 87.6 cm³/mol. The number of urea groups is 1. The third-order valence-corrected chi connectivity index (χ3v) is 3.96. The van der Waals surface area contributed by atoms with Crippen LogP contribution >= 0.6 is 0 Å². The number of benzene rings is 1. The molecule has 0 radical (unpaired) electrons. The van der Waals surface area contributed by atoms with Crippen molar-refractivity contribution in [2.24, 2.45) is 0 Å². The number of hydrogen-bond donors (Lipinski definition) is 2. The molecule has 0 bridgehead atoms. The summed E-state index contributed by atoms with van der Waals surface area (Å²) in [5.41, 5.74) is 1.78. The molecule has 1 aromatic carbocycles. The third-order valence-electron chi connectivity index (χ3n) is 3.96. The van der Waals surface area contributed by atoms with Crippen LogP contribution in [0.25, 0.3) is 0 Å². The molecule has 1 fully saturated rings. The molecule has 1 atom stereocenters. The number of rotatable bonds is 6. The number of ether oxygens (including phenoxy) is 2. The van der Waals surface area contributed by atoms with Gasteiger partial charge in [-0.3, -0.25) is 0 Å². The number of hydrogen-bond acceptors (Lipinski definition) is 3. The smallest absolute Gasteiger partial charge is 0.319 e. The van der Waals surface area contributed by atoms with E-state index >= 15 is 0 Å². The highest BCUT2D eigenvalue weighted by molar-refractivity contribution is 5.90. The van der Waals surface area contributed by atoms with Gasteiger partial charge in [0.25, 0.3) is 0 Å². The van der Waals surface area contributed by atoms with Gasteiger partial charge in [-0.1, -0.05) is 6.07 Å². The Balaban J connectivity index is 1.69. The Kier molecular flexibility index (Phi) is 6.52. The topological polar surface area (TPSA) is 59.6 Å². The normalized spacial score (nSPS) is 17.8. The van der Waals surface area contributed by atoms with Gasteiger partial charge in [-0.15, -0.1) is 0 Å². The van der Waals surface area contributed by atoms with Crippen LogP contribution in [0.1, 0.15) is 37.7 Å². The van der Waals surface area contributed by atoms with Gasteiger partial charge in [0, 0.05) is 24.9 Å². The first-order valence-corrected chi connectivity index (χ1v) is 8.00. The van der Waals surface area contributed by atoms with Crippen LogP contribution < -0.4 is 15.4 Å². The van der Waals surface area contributed by atoms with Crippen molar-refractivity contribution in [3.63, 3.8) is 0 Å². The molecule has 1 heterocycles. The highest BCUT2D eigenvalue weighted by atomic mass is 16.5. The molecule has 0 aromatic heterocycles. The fourth-order valence-corrected chi connectivity index (χ4v) is 2.60. The van der Waals surface area contributed by atoms with Crippen LogP contribution in [0.5, 0.6) is 5.75 Å². The first-order chi connectivity index (χ1) is 10.7. The Morgan fingerprint density at radius 1 is 1.41 bits per heavy atom. The van der Waals surface area contributed by atoms with Gasteiger partial charge in [0.2, 0.25) is 0 Å². The van der Waals surface area contributed by atoms with Crippen molar-refractivity contribution in [3.8, 4) is 5.75 Å². The van der Waals surface area contributed by atoms with Crippen molar-refractivity contribution in [2.75, 3.05) is 25.6 Å². The zero-order chi connectivity index (χ0) is 15.8. The van der Waals surface area contributed by atoms with Gasteiger partial charge in [-0.05, 0) is 50.7 Å². The Labute approximate surface area is 132 Å². The molecule has 0 aliphatic carbocycles. The lowest BCUT2D eigenvalue weighted by Crippen LogP contribution is -2.30. The summed E-state index contributed by atoms with van der Waals surface area (Å²) in [5, 5.41) is 5.75. The van der Waals surface area contributed by atoms with E-state index in [9.17, 15) is 4.79 Å². The molecule has 2 N–H and O–H groups in total. The van der Waals surface area contributed by atoms with Gasteiger partial charge >= 0.3 is 6.03 Å². The predicted octanol–water partition coefficient (Wildman–Crippen LogP) is 3.47. The fourth-order valence-electron chi connectivity index (χ4n) is 2.60. The summed E-state index contributed by atoms with van der Waals surface area (Å²) in [5.74, 6) is 0.732. The summed E-state index contributed by atoms with van der Waals surface area (Å²) >= 11 is 0. The van der Waals surface area contributed by atoms with Crippen LogP contribution in [0.4, 0.5) is 10.5 Å².